The predicted octanol–water partition coefficient (Wildman–Crippen LogP) is -2.08. The Balaban J connectivity index is 0. The monoisotopic (exact) mass is 130 g/mol. The molecule has 0 amide bonds. The van der Waals surface area contributed by atoms with Gasteiger partial charge in [-0.1, -0.05) is 0 Å². The molecule has 0 unspecified atom stereocenters. The van der Waals surface area contributed by atoms with Gasteiger partial charge in [0.2, 0.25) is 0 Å². The Morgan fingerprint density at radius 1 is 1.60 bits per heavy atom. The predicted molar refractivity (Wildman–Crippen MR) is 28.3 cm³/mol. The second-order valence-electron chi connectivity index (χ2n) is 0.164. The molecule has 2 radical (unpaired) electrons. The van der Waals surface area contributed by atoms with Crippen molar-refractivity contribution in [3.05, 3.63) is 0 Å². The third-order valence-electron chi connectivity index (χ3n) is 0.0393. The van der Waals surface area contributed by atoms with E-state index >= 15 is 0 Å². The van der Waals surface area contributed by atoms with Gasteiger partial charge in [-0.2, -0.15) is 10.6 Å². The first-order valence-electron chi connectivity index (χ1n) is 0.569. The molecular formula is BNaS3. The third-order valence-corrected chi connectivity index (χ3v) is 1.06. The van der Waals surface area contributed by atoms with Crippen molar-refractivity contribution >= 4 is 39.3 Å². The van der Waals surface area contributed by atoms with Gasteiger partial charge < -0.3 is 11.7 Å². The molecule has 0 aliphatic rings. The largest absolute Gasteiger partial charge is 1.00 e. The molecule has 0 nitrogen and oxygen atoms in total. The van der Waals surface area contributed by atoms with Crippen LogP contribution in [0.2, 0.25) is 0 Å². The van der Waals surface area contributed by atoms with E-state index in [0.29, 0.717) is 0 Å². The number of hydrogen-bond donors (Lipinski definition) is 0. The SMILES string of the molecule is [B]SS[S-].[Na+]. The Hall–Kier alpha value is 2.11. The topological polar surface area (TPSA) is 0 Å². The zero-order valence-corrected chi connectivity index (χ0v) is 7.25. The first kappa shape index (κ1) is 10.2. The maximum absolute atomic E-state index is 4.80. The summed E-state index contributed by atoms with van der Waals surface area (Å²) in [6.07, 6.45) is 0. The standard InChI is InChI=1S/BHS3.Na/c1-3-4-2;/h2H;/q;+1/p-1. The number of hydrogen-bond acceptors (Lipinski definition) is 3. The number of rotatable bonds is 1. The van der Waals surface area contributed by atoms with Gasteiger partial charge in [-0.25, -0.2) is 0 Å². The molecule has 5 heteroatoms. The maximum atomic E-state index is 4.80. The zero-order valence-electron chi connectivity index (χ0n) is 2.80. The van der Waals surface area contributed by atoms with Gasteiger partial charge in [-0.15, -0.1) is 0 Å². The van der Waals surface area contributed by atoms with Crippen LogP contribution in [-0.2, 0) is 11.7 Å². The van der Waals surface area contributed by atoms with Crippen LogP contribution in [0.1, 0.15) is 0 Å². The van der Waals surface area contributed by atoms with Crippen LogP contribution in [0, 0.1) is 0 Å². The van der Waals surface area contributed by atoms with Crippen LogP contribution in [0.15, 0.2) is 0 Å². The van der Waals surface area contributed by atoms with Crippen LogP contribution in [0.25, 0.3) is 0 Å². The van der Waals surface area contributed by atoms with Gasteiger partial charge in [0.15, 0.2) is 7.12 Å². The van der Waals surface area contributed by atoms with E-state index in [9.17, 15) is 0 Å². The summed E-state index contributed by atoms with van der Waals surface area (Å²) in [4.78, 5) is 0. The van der Waals surface area contributed by atoms with E-state index < -0.39 is 0 Å². The first-order valence-corrected chi connectivity index (χ1v) is 3.71. The van der Waals surface area contributed by atoms with E-state index in [1.165, 1.54) is 0 Å². The molecule has 0 N–H and O–H groups in total. The molecule has 0 fully saturated rings. The molecule has 0 rings (SSSR count). The van der Waals surface area contributed by atoms with E-state index in [4.69, 9.17) is 7.12 Å². The second-order valence-corrected chi connectivity index (χ2v) is 2.70. The summed E-state index contributed by atoms with van der Waals surface area (Å²) in [6, 6.07) is 0. The van der Waals surface area contributed by atoms with Gasteiger partial charge in [-0.3, -0.25) is 9.83 Å². The van der Waals surface area contributed by atoms with Crippen molar-refractivity contribution < 1.29 is 29.6 Å². The minimum absolute atomic E-state index is 0. The summed E-state index contributed by atoms with van der Waals surface area (Å²) in [6.45, 7) is 0. The van der Waals surface area contributed by atoms with Crippen molar-refractivity contribution in [1.82, 2.24) is 0 Å². The minimum atomic E-state index is 0. The Morgan fingerprint density at radius 2 is 1.80 bits per heavy atom. The summed E-state index contributed by atoms with van der Waals surface area (Å²) in [5.41, 5.74) is 0. The van der Waals surface area contributed by atoms with Crippen molar-refractivity contribution in [3.63, 3.8) is 0 Å². The summed E-state index contributed by atoms with van der Waals surface area (Å²) in [5.74, 6) is 0. The van der Waals surface area contributed by atoms with Crippen molar-refractivity contribution in [2.75, 3.05) is 0 Å². The molecule has 22 valence electrons. The van der Waals surface area contributed by atoms with E-state index in [1.807, 2.05) is 0 Å². The smallest absolute Gasteiger partial charge is 0.708 e. The molecule has 0 saturated heterocycles. The van der Waals surface area contributed by atoms with Crippen LogP contribution in [-0.4, -0.2) is 7.12 Å². The molecule has 0 atom stereocenters. The first-order chi connectivity index (χ1) is 1.91. The van der Waals surface area contributed by atoms with Gasteiger partial charge in [0.1, 0.15) is 0 Å². The molecular weight excluding hydrogens is 130 g/mol. The Bertz CT molecular complexity index is 8.85. The van der Waals surface area contributed by atoms with E-state index in [1.54, 1.807) is 0 Å². The third kappa shape index (κ3) is 10.7. The average Bonchev–Trinajstić information content (AvgIpc) is 1.37. The van der Waals surface area contributed by atoms with E-state index in [-0.39, 0.29) is 29.6 Å². The van der Waals surface area contributed by atoms with Gasteiger partial charge in [0.25, 0.3) is 0 Å². The molecule has 0 aliphatic heterocycles. The van der Waals surface area contributed by atoms with Crippen molar-refractivity contribution in [3.8, 4) is 0 Å². The second kappa shape index (κ2) is 9.45. The molecule has 0 aromatic rings. The Morgan fingerprint density at radius 3 is 1.80 bits per heavy atom. The Kier molecular flexibility index (Phi) is 19.2. The zero-order chi connectivity index (χ0) is 3.41. The normalized spacial score (nSPS) is 5.80. The fourth-order valence-corrected chi connectivity index (χ4v) is 0. The van der Waals surface area contributed by atoms with Crippen molar-refractivity contribution in [2.24, 2.45) is 0 Å². The van der Waals surface area contributed by atoms with Gasteiger partial charge in [-0.05, 0) is 0 Å². The van der Waals surface area contributed by atoms with Crippen LogP contribution in [0.4, 0.5) is 0 Å². The fourth-order valence-electron chi connectivity index (χ4n) is 0. The molecule has 0 spiro atoms. The summed E-state index contributed by atoms with van der Waals surface area (Å²) >= 11 is 4.31. The molecule has 0 saturated carbocycles. The molecule has 0 aromatic heterocycles. The van der Waals surface area contributed by atoms with Crippen LogP contribution in [0.3, 0.4) is 0 Å². The van der Waals surface area contributed by atoms with Gasteiger partial charge in [0, 0.05) is 0 Å². The van der Waals surface area contributed by atoms with Gasteiger partial charge >= 0.3 is 29.6 Å². The minimum Gasteiger partial charge on any atom is -0.708 e. The summed E-state index contributed by atoms with van der Waals surface area (Å²) in [7, 11) is 7.03. The van der Waals surface area contributed by atoms with Gasteiger partial charge in [0.05, 0.1) is 0 Å². The molecule has 0 aliphatic carbocycles. The van der Waals surface area contributed by atoms with Crippen molar-refractivity contribution in [2.45, 2.75) is 0 Å². The van der Waals surface area contributed by atoms with Crippen LogP contribution >= 0.6 is 20.5 Å². The van der Waals surface area contributed by atoms with Crippen LogP contribution in [0.5, 0.6) is 0 Å². The molecule has 0 bridgehead atoms. The van der Waals surface area contributed by atoms with Crippen molar-refractivity contribution in [1.29, 1.82) is 0 Å². The fraction of sp³-hybridized carbons (Fsp3) is 0. The quantitative estimate of drug-likeness (QED) is 0.227. The summed E-state index contributed by atoms with van der Waals surface area (Å²) in [5, 5.41) is 0. The molecule has 5 heavy (non-hydrogen) atoms. The van der Waals surface area contributed by atoms with E-state index in [0.717, 1.165) is 20.5 Å². The van der Waals surface area contributed by atoms with Crippen LogP contribution < -0.4 is 29.6 Å². The average molecular weight is 130 g/mol. The Labute approximate surface area is 68.0 Å². The molecule has 0 aromatic carbocycles. The maximum Gasteiger partial charge on any atom is 1.00 e. The summed E-state index contributed by atoms with van der Waals surface area (Å²) < 4.78 is 0. The van der Waals surface area contributed by atoms with E-state index in [2.05, 4.69) is 11.7 Å². The molecule has 0 heterocycles.